The van der Waals surface area contributed by atoms with Gasteiger partial charge in [0.1, 0.15) is 10.5 Å². The number of fused-ring (bicyclic) bond motifs is 1. The average molecular weight is 365 g/mol. The van der Waals surface area contributed by atoms with Crippen LogP contribution in [0.4, 0.5) is 0 Å². The third-order valence-electron chi connectivity index (χ3n) is 3.97. The number of rotatable bonds is 3. The molecule has 0 amide bonds. The molecule has 0 fully saturated rings. The van der Waals surface area contributed by atoms with Crippen molar-refractivity contribution in [1.29, 1.82) is 0 Å². The molecule has 0 saturated heterocycles. The zero-order valence-electron chi connectivity index (χ0n) is 13.8. The Morgan fingerprint density at radius 3 is 2.44 bits per heavy atom. The second kappa shape index (κ2) is 6.46. The normalized spacial score (nSPS) is 11.1. The van der Waals surface area contributed by atoms with Crippen molar-refractivity contribution in [3.05, 3.63) is 70.5 Å². The lowest BCUT2D eigenvalue weighted by Crippen LogP contribution is -2.22. The van der Waals surface area contributed by atoms with Crippen LogP contribution in [0.25, 0.3) is 27.4 Å². The van der Waals surface area contributed by atoms with Crippen LogP contribution < -0.4 is 5.56 Å². The highest BCUT2D eigenvalue weighted by Gasteiger charge is 2.18. The van der Waals surface area contributed by atoms with Crippen LogP contribution in [-0.4, -0.2) is 20.8 Å². The fraction of sp³-hybridized carbons (Fsp3) is 0.105. The highest BCUT2D eigenvalue weighted by molar-refractivity contribution is 8.00. The highest BCUT2D eigenvalue weighted by atomic mass is 32.2. The Kier molecular flexibility index (Phi) is 4.15. The van der Waals surface area contributed by atoms with Crippen LogP contribution in [0.3, 0.4) is 0 Å². The average Bonchev–Trinajstić information content (AvgIpc) is 3.07. The molecule has 2 heterocycles. The monoisotopic (exact) mass is 365 g/mol. The summed E-state index contributed by atoms with van der Waals surface area (Å²) in [5, 5.41) is 0. The molecule has 0 aliphatic heterocycles. The van der Waals surface area contributed by atoms with Crippen LogP contribution in [-0.2, 0) is 0 Å². The van der Waals surface area contributed by atoms with Gasteiger partial charge in [-0.3, -0.25) is 9.36 Å². The third-order valence-corrected chi connectivity index (χ3v) is 5.99. The van der Waals surface area contributed by atoms with E-state index in [2.05, 4.69) is 4.98 Å². The number of benzene rings is 2. The summed E-state index contributed by atoms with van der Waals surface area (Å²) in [6.45, 7) is 2.00. The van der Waals surface area contributed by atoms with Gasteiger partial charge in [-0.25, -0.2) is 9.97 Å². The Hall–Kier alpha value is -2.44. The van der Waals surface area contributed by atoms with E-state index in [0.29, 0.717) is 16.2 Å². The van der Waals surface area contributed by atoms with Gasteiger partial charge >= 0.3 is 0 Å². The van der Waals surface area contributed by atoms with Gasteiger partial charge in [0.2, 0.25) is 0 Å². The molecule has 0 aliphatic rings. The standard InChI is InChI=1S/C19H15N3OS2/c1-12-8-6-7-11-14(12)22-17(13-9-4-3-5-10-13)20-16-15(18(22)23)25-19(21-16)24-2/h3-11H,1-2H3. The van der Waals surface area contributed by atoms with E-state index in [1.807, 2.05) is 67.8 Å². The second-order valence-electron chi connectivity index (χ2n) is 5.57. The van der Waals surface area contributed by atoms with Gasteiger partial charge in [0.25, 0.3) is 5.56 Å². The maximum Gasteiger partial charge on any atom is 0.278 e. The van der Waals surface area contributed by atoms with Crippen LogP contribution in [0.15, 0.2) is 63.7 Å². The Morgan fingerprint density at radius 2 is 1.72 bits per heavy atom. The van der Waals surface area contributed by atoms with Crippen LogP contribution in [0.5, 0.6) is 0 Å². The van der Waals surface area contributed by atoms with Crippen LogP contribution >= 0.6 is 23.1 Å². The molecule has 0 spiro atoms. The lowest BCUT2D eigenvalue weighted by Gasteiger charge is -2.14. The van der Waals surface area contributed by atoms with Crippen molar-refractivity contribution < 1.29 is 0 Å². The fourth-order valence-electron chi connectivity index (χ4n) is 2.76. The van der Waals surface area contributed by atoms with E-state index in [-0.39, 0.29) is 5.56 Å². The zero-order chi connectivity index (χ0) is 17.4. The lowest BCUT2D eigenvalue weighted by molar-refractivity contribution is 0.963. The summed E-state index contributed by atoms with van der Waals surface area (Å²) in [6, 6.07) is 17.6. The Labute approximate surface area is 153 Å². The van der Waals surface area contributed by atoms with E-state index in [0.717, 1.165) is 21.2 Å². The number of hydrogen-bond donors (Lipinski definition) is 0. The molecule has 2 aromatic heterocycles. The van der Waals surface area contributed by atoms with Gasteiger partial charge in [0.15, 0.2) is 9.99 Å². The van der Waals surface area contributed by atoms with Gasteiger partial charge in [-0.1, -0.05) is 60.3 Å². The van der Waals surface area contributed by atoms with Crippen molar-refractivity contribution >= 4 is 33.4 Å². The summed E-state index contributed by atoms with van der Waals surface area (Å²) >= 11 is 2.93. The first kappa shape index (κ1) is 16.1. The van der Waals surface area contributed by atoms with Crippen molar-refractivity contribution in [2.24, 2.45) is 0 Å². The van der Waals surface area contributed by atoms with Gasteiger partial charge < -0.3 is 0 Å². The Balaban J connectivity index is 2.13. The predicted molar refractivity (Wildman–Crippen MR) is 105 cm³/mol. The Morgan fingerprint density at radius 1 is 1.00 bits per heavy atom. The molecule has 4 rings (SSSR count). The number of aromatic nitrogens is 3. The van der Waals surface area contributed by atoms with E-state index in [4.69, 9.17) is 4.98 Å². The number of aryl methyl sites for hydroxylation is 1. The molecule has 0 unspecified atom stereocenters. The smallest absolute Gasteiger partial charge is 0.267 e. The van der Waals surface area contributed by atoms with E-state index in [1.165, 1.54) is 23.1 Å². The molecule has 124 valence electrons. The molecule has 4 nitrogen and oxygen atoms in total. The molecule has 0 aliphatic carbocycles. The van der Waals surface area contributed by atoms with E-state index < -0.39 is 0 Å². The van der Waals surface area contributed by atoms with Crippen molar-refractivity contribution in [2.75, 3.05) is 6.26 Å². The van der Waals surface area contributed by atoms with Crippen molar-refractivity contribution in [1.82, 2.24) is 14.5 Å². The van der Waals surface area contributed by atoms with Gasteiger partial charge in [0.05, 0.1) is 5.69 Å². The topological polar surface area (TPSA) is 47.8 Å². The molecule has 6 heteroatoms. The minimum absolute atomic E-state index is 0.0732. The summed E-state index contributed by atoms with van der Waals surface area (Å²) in [5.41, 5.74) is 3.21. The molecule has 0 radical (unpaired) electrons. The SMILES string of the molecule is CSc1nc2nc(-c3ccccc3)n(-c3ccccc3C)c(=O)c2s1. The van der Waals surface area contributed by atoms with Crippen LogP contribution in [0.2, 0.25) is 0 Å². The molecule has 0 atom stereocenters. The fourth-order valence-corrected chi connectivity index (χ4v) is 4.19. The number of thiazole rings is 1. The number of para-hydroxylation sites is 1. The Bertz CT molecular complexity index is 1120. The quantitative estimate of drug-likeness (QED) is 0.500. The molecule has 25 heavy (non-hydrogen) atoms. The minimum Gasteiger partial charge on any atom is -0.267 e. The molecule has 0 bridgehead atoms. The maximum atomic E-state index is 13.3. The maximum absolute atomic E-state index is 13.3. The second-order valence-corrected chi connectivity index (χ2v) is 7.62. The number of thioether (sulfide) groups is 1. The van der Waals surface area contributed by atoms with E-state index >= 15 is 0 Å². The molecule has 0 saturated carbocycles. The van der Waals surface area contributed by atoms with E-state index in [9.17, 15) is 4.79 Å². The van der Waals surface area contributed by atoms with E-state index in [1.54, 1.807) is 4.57 Å². The first-order valence-electron chi connectivity index (χ1n) is 7.78. The zero-order valence-corrected chi connectivity index (χ0v) is 15.4. The third kappa shape index (κ3) is 2.77. The van der Waals surface area contributed by atoms with Gasteiger partial charge in [-0.2, -0.15) is 0 Å². The molecular formula is C19H15N3OS2. The summed E-state index contributed by atoms with van der Waals surface area (Å²) in [6.07, 6.45) is 1.95. The number of hydrogen-bond acceptors (Lipinski definition) is 5. The lowest BCUT2D eigenvalue weighted by atomic mass is 10.1. The first-order valence-corrected chi connectivity index (χ1v) is 9.82. The summed E-state index contributed by atoms with van der Waals surface area (Å²) in [4.78, 5) is 22.5. The first-order chi connectivity index (χ1) is 12.2. The molecule has 2 aromatic carbocycles. The van der Waals surface area contributed by atoms with Crippen molar-refractivity contribution in [3.8, 4) is 17.1 Å². The highest BCUT2D eigenvalue weighted by Crippen LogP contribution is 2.28. The van der Waals surface area contributed by atoms with Gasteiger partial charge in [-0.05, 0) is 24.8 Å². The molecule has 4 aromatic rings. The largest absolute Gasteiger partial charge is 0.278 e. The summed E-state index contributed by atoms with van der Waals surface area (Å²) in [7, 11) is 0. The van der Waals surface area contributed by atoms with Crippen molar-refractivity contribution in [2.45, 2.75) is 11.3 Å². The van der Waals surface area contributed by atoms with Crippen LogP contribution in [0.1, 0.15) is 5.56 Å². The summed E-state index contributed by atoms with van der Waals surface area (Å²) in [5.74, 6) is 0.616. The number of nitrogens with zero attached hydrogens (tertiary/aromatic N) is 3. The van der Waals surface area contributed by atoms with Crippen LogP contribution in [0, 0.1) is 6.92 Å². The van der Waals surface area contributed by atoms with Gasteiger partial charge in [-0.15, -0.1) is 11.3 Å². The van der Waals surface area contributed by atoms with Crippen molar-refractivity contribution in [3.63, 3.8) is 0 Å². The molecule has 0 N–H and O–H groups in total. The molecular weight excluding hydrogens is 350 g/mol. The van der Waals surface area contributed by atoms with Gasteiger partial charge in [0, 0.05) is 5.56 Å². The predicted octanol–water partition coefficient (Wildman–Crippen LogP) is 4.54. The minimum atomic E-state index is -0.0732. The summed E-state index contributed by atoms with van der Waals surface area (Å²) < 4.78 is 3.14.